The fourth-order valence-electron chi connectivity index (χ4n) is 3.42. The maximum Gasteiger partial charge on any atom is 0.418 e. The molecule has 38 heavy (non-hydrogen) atoms. The summed E-state index contributed by atoms with van der Waals surface area (Å²) in [5.74, 6) is 0. The maximum atomic E-state index is 14.0. The molecule has 2 aromatic carbocycles. The summed E-state index contributed by atoms with van der Waals surface area (Å²) >= 11 is 12.0. The van der Waals surface area contributed by atoms with Crippen molar-refractivity contribution in [1.82, 2.24) is 14.3 Å². The van der Waals surface area contributed by atoms with Gasteiger partial charge in [-0.1, -0.05) is 23.2 Å². The summed E-state index contributed by atoms with van der Waals surface area (Å²) in [6, 6.07) is 6.15. The van der Waals surface area contributed by atoms with Crippen molar-refractivity contribution in [2.45, 2.75) is 10.4 Å². The van der Waals surface area contributed by atoms with Crippen molar-refractivity contribution in [2.75, 3.05) is 17.7 Å². The summed E-state index contributed by atoms with van der Waals surface area (Å²) in [5.41, 5.74) is -4.17. The molecule has 4 rings (SSSR count). The SMILES string of the molecule is CNc1ccc2c(=O)n(-c3ccc(NC(=O)NS(=O)(=O)c4cc(Cl)c(Cl)s4)cc3C(F)(F)F)c(=O)[nH]c2c1. The number of hydrogen-bond acceptors (Lipinski definition) is 7. The Hall–Kier alpha value is -3.53. The molecule has 0 saturated heterocycles. The molecule has 0 bridgehead atoms. The van der Waals surface area contributed by atoms with Crippen molar-refractivity contribution in [2.24, 2.45) is 0 Å². The first-order valence-corrected chi connectivity index (χ1v) is 13.2. The monoisotopic (exact) mass is 607 g/mol. The van der Waals surface area contributed by atoms with Crippen LogP contribution in [0.5, 0.6) is 0 Å². The standard InChI is InChI=1S/C21H14Cl2F3N5O5S2/c1-27-9-2-4-11-14(7-9)29-20(34)31(18(11)32)15-5-3-10(6-12(15)21(24,25)26)28-19(33)30-38(35,36)16-8-13(22)17(23)37-16/h2-8,27H,1H3,(H,29,34)(H2,28,30,33). The molecule has 0 unspecified atom stereocenters. The van der Waals surface area contributed by atoms with Gasteiger partial charge in [-0.3, -0.25) is 4.79 Å². The Bertz CT molecular complexity index is 1800. The van der Waals surface area contributed by atoms with E-state index in [1.807, 2.05) is 5.32 Å². The number of nitrogens with one attached hydrogen (secondary N) is 4. The summed E-state index contributed by atoms with van der Waals surface area (Å²) in [6.45, 7) is 0. The maximum absolute atomic E-state index is 14.0. The second-order valence-electron chi connectivity index (χ2n) is 7.56. The fourth-order valence-corrected chi connectivity index (χ4v) is 6.20. The van der Waals surface area contributed by atoms with Crippen LogP contribution in [0.4, 0.5) is 29.3 Å². The third-order valence-corrected chi connectivity index (χ3v) is 8.77. The van der Waals surface area contributed by atoms with Gasteiger partial charge in [0.1, 0.15) is 8.55 Å². The van der Waals surface area contributed by atoms with E-state index in [9.17, 15) is 36.0 Å². The molecule has 2 heterocycles. The molecular weight excluding hydrogens is 594 g/mol. The predicted molar refractivity (Wildman–Crippen MR) is 138 cm³/mol. The van der Waals surface area contributed by atoms with Gasteiger partial charge in [0.15, 0.2) is 0 Å². The fraction of sp³-hybridized carbons (Fsp3) is 0.0952. The van der Waals surface area contributed by atoms with Crippen LogP contribution >= 0.6 is 34.5 Å². The van der Waals surface area contributed by atoms with Crippen LogP contribution in [0, 0.1) is 0 Å². The molecule has 4 aromatic rings. The zero-order valence-corrected chi connectivity index (χ0v) is 21.9. The van der Waals surface area contributed by atoms with Gasteiger partial charge in [-0.05, 0) is 42.5 Å². The van der Waals surface area contributed by atoms with Gasteiger partial charge >= 0.3 is 17.9 Å². The predicted octanol–water partition coefficient (Wildman–Crippen LogP) is 4.62. The van der Waals surface area contributed by atoms with Crippen LogP contribution in [-0.4, -0.2) is 31.0 Å². The summed E-state index contributed by atoms with van der Waals surface area (Å²) in [7, 11) is -2.83. The van der Waals surface area contributed by atoms with Crippen molar-refractivity contribution in [1.29, 1.82) is 0 Å². The van der Waals surface area contributed by atoms with E-state index >= 15 is 0 Å². The van der Waals surface area contributed by atoms with E-state index in [4.69, 9.17) is 23.2 Å². The van der Waals surface area contributed by atoms with E-state index in [0.717, 1.165) is 18.2 Å². The first kappa shape index (κ1) is 27.5. The van der Waals surface area contributed by atoms with E-state index in [-0.39, 0.29) is 20.3 Å². The Balaban J connectivity index is 1.72. The number of alkyl halides is 3. The number of amides is 2. The van der Waals surface area contributed by atoms with E-state index in [0.29, 0.717) is 27.7 Å². The summed E-state index contributed by atoms with van der Waals surface area (Å²) in [6.07, 6.45) is -5.07. The number of nitrogens with zero attached hydrogens (tertiary/aromatic N) is 1. The van der Waals surface area contributed by atoms with Gasteiger partial charge in [0.2, 0.25) is 0 Å². The molecule has 2 amide bonds. The van der Waals surface area contributed by atoms with Gasteiger partial charge in [0.25, 0.3) is 15.6 Å². The number of benzene rings is 2. The number of aromatic nitrogens is 2. The molecule has 17 heteroatoms. The lowest BCUT2D eigenvalue weighted by molar-refractivity contribution is -0.137. The van der Waals surface area contributed by atoms with E-state index < -0.39 is 54.6 Å². The minimum atomic E-state index is -5.07. The molecule has 10 nitrogen and oxygen atoms in total. The molecule has 0 saturated carbocycles. The summed E-state index contributed by atoms with van der Waals surface area (Å²) < 4.78 is 68.1. The molecule has 0 atom stereocenters. The average molecular weight is 608 g/mol. The summed E-state index contributed by atoms with van der Waals surface area (Å²) in [5, 5.41) is 4.69. The third kappa shape index (κ3) is 5.36. The molecule has 0 aliphatic carbocycles. The van der Waals surface area contributed by atoms with Gasteiger partial charge in [-0.25, -0.2) is 27.3 Å². The molecule has 200 valence electrons. The highest BCUT2D eigenvalue weighted by Crippen LogP contribution is 2.36. The zero-order valence-electron chi connectivity index (χ0n) is 18.7. The molecule has 2 aromatic heterocycles. The Labute approximate surface area is 225 Å². The molecule has 0 radical (unpaired) electrons. The molecule has 4 N–H and O–H groups in total. The number of fused-ring (bicyclic) bond motifs is 1. The number of aromatic amines is 1. The van der Waals surface area contributed by atoms with E-state index in [1.165, 1.54) is 18.2 Å². The number of urea groups is 1. The number of sulfonamides is 1. The molecule has 0 fully saturated rings. The van der Waals surface area contributed by atoms with Crippen LogP contribution < -0.4 is 26.6 Å². The third-order valence-electron chi connectivity index (χ3n) is 5.10. The Morgan fingerprint density at radius 1 is 1.05 bits per heavy atom. The first-order valence-electron chi connectivity index (χ1n) is 10.2. The highest BCUT2D eigenvalue weighted by atomic mass is 35.5. The van der Waals surface area contributed by atoms with Crippen molar-refractivity contribution in [3.05, 3.63) is 78.2 Å². The number of anilines is 2. The van der Waals surface area contributed by atoms with Crippen molar-refractivity contribution in [3.63, 3.8) is 0 Å². The van der Waals surface area contributed by atoms with Crippen LogP contribution in [0.25, 0.3) is 16.6 Å². The van der Waals surface area contributed by atoms with Crippen molar-refractivity contribution < 1.29 is 26.4 Å². The number of hydrogen-bond donors (Lipinski definition) is 4. The Morgan fingerprint density at radius 3 is 2.34 bits per heavy atom. The second kappa shape index (κ2) is 9.98. The van der Waals surface area contributed by atoms with E-state index in [1.54, 1.807) is 11.8 Å². The molecular formula is C21H14Cl2F3N5O5S2. The lowest BCUT2D eigenvalue weighted by Gasteiger charge is -2.16. The molecule has 0 spiro atoms. The quantitative estimate of drug-likeness (QED) is 0.261. The number of carbonyl (C=O) groups is 1. The number of carbonyl (C=O) groups excluding carboxylic acids is 1. The van der Waals surface area contributed by atoms with Crippen LogP contribution in [0.1, 0.15) is 5.56 Å². The topological polar surface area (TPSA) is 142 Å². The van der Waals surface area contributed by atoms with Crippen molar-refractivity contribution >= 4 is 72.9 Å². The van der Waals surface area contributed by atoms with Crippen LogP contribution in [0.15, 0.2) is 56.3 Å². The average Bonchev–Trinajstić information content (AvgIpc) is 3.17. The number of halogens is 5. The van der Waals surface area contributed by atoms with Gasteiger partial charge in [0.05, 0.1) is 27.2 Å². The Kier molecular flexibility index (Phi) is 7.22. The van der Waals surface area contributed by atoms with E-state index in [2.05, 4.69) is 10.3 Å². The number of H-pyrrole nitrogens is 1. The Morgan fingerprint density at radius 2 is 1.74 bits per heavy atom. The van der Waals surface area contributed by atoms with Gasteiger partial charge in [-0.15, -0.1) is 11.3 Å². The van der Waals surface area contributed by atoms with Gasteiger partial charge in [0, 0.05) is 18.4 Å². The highest BCUT2D eigenvalue weighted by molar-refractivity contribution is 7.92. The molecule has 0 aliphatic rings. The lowest BCUT2D eigenvalue weighted by Crippen LogP contribution is -2.35. The zero-order chi connectivity index (χ0) is 28.0. The second-order valence-corrected chi connectivity index (χ2v) is 11.5. The number of rotatable bonds is 5. The van der Waals surface area contributed by atoms with Gasteiger partial charge in [-0.2, -0.15) is 13.2 Å². The molecule has 0 aliphatic heterocycles. The van der Waals surface area contributed by atoms with Crippen LogP contribution in [0.2, 0.25) is 9.36 Å². The minimum absolute atomic E-state index is 0.0424. The highest BCUT2D eigenvalue weighted by Gasteiger charge is 2.35. The number of thiophene rings is 1. The summed E-state index contributed by atoms with van der Waals surface area (Å²) in [4.78, 5) is 40.3. The lowest BCUT2D eigenvalue weighted by atomic mass is 10.1. The normalized spacial score (nSPS) is 11.9. The van der Waals surface area contributed by atoms with Crippen LogP contribution in [-0.2, 0) is 16.2 Å². The van der Waals surface area contributed by atoms with Crippen molar-refractivity contribution in [3.8, 4) is 5.69 Å². The first-order chi connectivity index (χ1) is 17.7. The smallest absolute Gasteiger partial charge is 0.388 e. The largest absolute Gasteiger partial charge is 0.418 e. The van der Waals surface area contributed by atoms with Gasteiger partial charge < -0.3 is 15.6 Å². The minimum Gasteiger partial charge on any atom is -0.388 e. The van der Waals surface area contributed by atoms with Crippen LogP contribution in [0.3, 0.4) is 0 Å².